The number of nitrogens with zero attached hydrogens (tertiary/aromatic N) is 4. The van der Waals surface area contributed by atoms with Gasteiger partial charge in [0, 0.05) is 6.92 Å². The number of aliphatic imine (C=N–C) groups is 1. The van der Waals surface area contributed by atoms with E-state index in [1.807, 2.05) is 14.0 Å². The van der Waals surface area contributed by atoms with Crippen molar-refractivity contribution in [1.82, 2.24) is 14.5 Å². The first-order valence-corrected chi connectivity index (χ1v) is 4.33. The van der Waals surface area contributed by atoms with E-state index in [2.05, 4.69) is 15.0 Å². The van der Waals surface area contributed by atoms with Gasteiger partial charge in [0.1, 0.15) is 12.5 Å². The third-order valence-corrected chi connectivity index (χ3v) is 2.56. The van der Waals surface area contributed by atoms with Crippen LogP contribution in [0.5, 0.6) is 0 Å². The van der Waals surface area contributed by atoms with Gasteiger partial charge in [-0.15, -0.1) is 0 Å². The number of nitrogen functional groups attached to an aromatic ring is 1. The molecule has 1 aromatic rings. The molecule has 0 saturated heterocycles. The zero-order chi connectivity index (χ0) is 10.3. The topological polar surface area (TPSA) is 90.2 Å². The highest BCUT2D eigenvalue weighted by molar-refractivity contribution is 5.90. The lowest BCUT2D eigenvalue weighted by Gasteiger charge is -2.27. The van der Waals surface area contributed by atoms with Gasteiger partial charge in [0.15, 0.2) is 17.8 Å². The van der Waals surface area contributed by atoms with Crippen LogP contribution in [0, 0.1) is 0 Å². The zero-order valence-corrected chi connectivity index (χ0v) is 8.18. The number of anilines is 1. The summed E-state index contributed by atoms with van der Waals surface area (Å²) in [6.07, 6.45) is 3.05. The summed E-state index contributed by atoms with van der Waals surface area (Å²) < 4.78 is 0.363. The molecule has 0 radical (unpaired) electrons. The van der Waals surface area contributed by atoms with E-state index < -0.39 is 0 Å². The fourth-order valence-corrected chi connectivity index (χ4v) is 1.39. The van der Waals surface area contributed by atoms with Crippen LogP contribution >= 0.6 is 0 Å². The van der Waals surface area contributed by atoms with Gasteiger partial charge in [0.2, 0.25) is 0 Å². The second kappa shape index (κ2) is 2.73. The van der Waals surface area contributed by atoms with Gasteiger partial charge < -0.3 is 5.73 Å². The van der Waals surface area contributed by atoms with Crippen molar-refractivity contribution in [3.05, 3.63) is 6.33 Å². The lowest BCUT2D eigenvalue weighted by atomic mass is 10.3. The molecule has 1 aromatic heterocycles. The standard InChI is InChI=1S/C8H13N6/c1-5(9)14(2)4-13-6-7(10)11-3-12-8(6)14/h3-5H,9H2,1-2H3,(H2,10,11,12)/q+1. The molecular formula is C8H13N6+. The molecule has 0 aliphatic carbocycles. The van der Waals surface area contributed by atoms with Crippen LogP contribution in [0.25, 0.3) is 0 Å². The summed E-state index contributed by atoms with van der Waals surface area (Å²) in [6.45, 7) is 1.90. The Morgan fingerprint density at radius 2 is 2.14 bits per heavy atom. The van der Waals surface area contributed by atoms with Crippen molar-refractivity contribution < 1.29 is 0 Å². The van der Waals surface area contributed by atoms with Gasteiger partial charge in [-0.1, -0.05) is 0 Å². The summed E-state index contributed by atoms with van der Waals surface area (Å²) >= 11 is 0. The minimum atomic E-state index is -0.116. The molecule has 0 saturated carbocycles. The Kier molecular flexibility index (Phi) is 1.76. The number of aromatic nitrogens is 2. The van der Waals surface area contributed by atoms with Crippen molar-refractivity contribution in [3.63, 3.8) is 0 Å². The van der Waals surface area contributed by atoms with Crippen LogP contribution in [0.1, 0.15) is 6.92 Å². The number of fused-ring (bicyclic) bond motifs is 1. The van der Waals surface area contributed by atoms with E-state index in [0.29, 0.717) is 16.0 Å². The Morgan fingerprint density at radius 3 is 2.79 bits per heavy atom. The van der Waals surface area contributed by atoms with Gasteiger partial charge in [-0.25, -0.2) is 9.47 Å². The fraction of sp³-hybridized carbons (Fsp3) is 0.375. The normalized spacial score (nSPS) is 26.2. The molecule has 0 fully saturated rings. The maximum absolute atomic E-state index is 5.88. The molecule has 74 valence electrons. The second-order valence-electron chi connectivity index (χ2n) is 3.56. The number of hydrogen-bond acceptors (Lipinski definition) is 5. The largest absolute Gasteiger partial charge is 0.382 e. The molecule has 6 nitrogen and oxygen atoms in total. The highest BCUT2D eigenvalue weighted by atomic mass is 15.5. The summed E-state index contributed by atoms with van der Waals surface area (Å²) in [5.41, 5.74) is 12.2. The van der Waals surface area contributed by atoms with Crippen LogP contribution in [0.4, 0.5) is 17.3 Å². The number of hydrogen-bond donors (Lipinski definition) is 2. The maximum atomic E-state index is 5.88. The molecule has 14 heavy (non-hydrogen) atoms. The molecule has 2 unspecified atom stereocenters. The van der Waals surface area contributed by atoms with Crippen LogP contribution in [0.2, 0.25) is 0 Å². The van der Waals surface area contributed by atoms with Crippen molar-refractivity contribution >= 4 is 23.7 Å². The number of quaternary nitrogens is 1. The van der Waals surface area contributed by atoms with Crippen LogP contribution in [-0.4, -0.2) is 29.5 Å². The predicted octanol–water partition coefficient (Wildman–Crippen LogP) is -0.0260. The summed E-state index contributed by atoms with van der Waals surface area (Å²) in [4.78, 5) is 12.2. The lowest BCUT2D eigenvalue weighted by molar-refractivity contribution is 0.401. The van der Waals surface area contributed by atoms with E-state index in [9.17, 15) is 0 Å². The monoisotopic (exact) mass is 193 g/mol. The first kappa shape index (κ1) is 9.04. The molecule has 0 aromatic carbocycles. The van der Waals surface area contributed by atoms with Crippen molar-refractivity contribution in [3.8, 4) is 0 Å². The molecule has 0 spiro atoms. The smallest absolute Gasteiger partial charge is 0.266 e. The summed E-state index contributed by atoms with van der Waals surface area (Å²) in [5, 5.41) is 0. The SMILES string of the molecule is CC(N)[N+]1(C)C=Nc2c(N)ncnc21. The summed E-state index contributed by atoms with van der Waals surface area (Å²) in [6, 6.07) is 0. The van der Waals surface area contributed by atoms with Crippen LogP contribution in [0.15, 0.2) is 11.3 Å². The van der Waals surface area contributed by atoms with E-state index in [1.54, 1.807) is 6.34 Å². The average Bonchev–Trinajstić information content (AvgIpc) is 2.47. The number of nitrogens with two attached hydrogens (primary N) is 2. The highest BCUT2D eigenvalue weighted by Gasteiger charge is 2.38. The zero-order valence-electron chi connectivity index (χ0n) is 8.18. The van der Waals surface area contributed by atoms with E-state index >= 15 is 0 Å². The molecule has 6 heteroatoms. The Bertz CT molecular complexity index is 399. The average molecular weight is 193 g/mol. The molecule has 2 heterocycles. The van der Waals surface area contributed by atoms with Gasteiger partial charge in [0.05, 0.1) is 7.05 Å². The highest BCUT2D eigenvalue weighted by Crippen LogP contribution is 2.38. The van der Waals surface area contributed by atoms with E-state index in [0.717, 1.165) is 5.82 Å². The quantitative estimate of drug-likeness (QED) is 0.613. The van der Waals surface area contributed by atoms with Crippen molar-refractivity contribution in [2.75, 3.05) is 12.8 Å². The van der Waals surface area contributed by atoms with Crippen molar-refractivity contribution in [1.29, 1.82) is 0 Å². The molecule has 2 rings (SSSR count). The van der Waals surface area contributed by atoms with Gasteiger partial charge in [-0.05, 0) is 0 Å². The second-order valence-corrected chi connectivity index (χ2v) is 3.56. The van der Waals surface area contributed by atoms with Gasteiger partial charge >= 0.3 is 0 Å². The van der Waals surface area contributed by atoms with Crippen LogP contribution in [0.3, 0.4) is 0 Å². The van der Waals surface area contributed by atoms with Crippen LogP contribution < -0.4 is 16.0 Å². The predicted molar refractivity (Wildman–Crippen MR) is 56.0 cm³/mol. The molecule has 4 N–H and O–H groups in total. The molecule has 1 aliphatic rings. The first-order valence-electron chi connectivity index (χ1n) is 4.33. The summed E-state index contributed by atoms with van der Waals surface area (Å²) in [5.74, 6) is 1.15. The summed E-state index contributed by atoms with van der Waals surface area (Å²) in [7, 11) is 1.94. The Balaban J connectivity index is 2.61. The minimum absolute atomic E-state index is 0.116. The molecule has 2 atom stereocenters. The van der Waals surface area contributed by atoms with Crippen molar-refractivity contribution in [2.24, 2.45) is 10.7 Å². The molecule has 1 aliphatic heterocycles. The molecule has 0 amide bonds. The van der Waals surface area contributed by atoms with E-state index in [-0.39, 0.29) is 6.17 Å². The third kappa shape index (κ3) is 1.01. The Morgan fingerprint density at radius 1 is 1.43 bits per heavy atom. The first-order chi connectivity index (χ1) is 6.55. The van der Waals surface area contributed by atoms with Crippen molar-refractivity contribution in [2.45, 2.75) is 13.1 Å². The third-order valence-electron chi connectivity index (χ3n) is 2.56. The minimum Gasteiger partial charge on any atom is -0.382 e. The van der Waals surface area contributed by atoms with Gasteiger partial charge in [-0.2, -0.15) is 9.98 Å². The van der Waals surface area contributed by atoms with Gasteiger partial charge in [-0.3, -0.25) is 5.73 Å². The maximum Gasteiger partial charge on any atom is 0.266 e. The number of rotatable bonds is 1. The van der Waals surface area contributed by atoms with E-state index in [1.165, 1.54) is 6.33 Å². The lowest BCUT2D eigenvalue weighted by Crippen LogP contribution is -2.54. The molecule has 0 bridgehead atoms. The van der Waals surface area contributed by atoms with Gasteiger partial charge in [0.25, 0.3) is 5.82 Å². The Hall–Kier alpha value is -1.53. The molecular weight excluding hydrogens is 180 g/mol. The van der Waals surface area contributed by atoms with Crippen LogP contribution in [-0.2, 0) is 0 Å². The Labute approximate surface area is 81.9 Å². The fourth-order valence-electron chi connectivity index (χ4n) is 1.39. The van der Waals surface area contributed by atoms with E-state index in [4.69, 9.17) is 11.5 Å².